The molecule has 0 spiro atoms. The molecule has 0 heterocycles. The average molecular weight is 259 g/mol. The molecule has 1 aromatic rings. The molecule has 16 heavy (non-hydrogen) atoms. The van der Waals surface area contributed by atoms with Gasteiger partial charge in [-0.05, 0) is 25.0 Å². The second-order valence-electron chi connectivity index (χ2n) is 3.90. The Bertz CT molecular complexity index is 424. The van der Waals surface area contributed by atoms with Crippen molar-refractivity contribution in [2.75, 3.05) is 6.61 Å². The number of hydrogen-bond donors (Lipinski definition) is 1. The highest BCUT2D eigenvalue weighted by Gasteiger charge is 2.39. The van der Waals surface area contributed by atoms with E-state index >= 15 is 0 Å². The number of rotatable bonds is 3. The van der Waals surface area contributed by atoms with E-state index in [1.54, 1.807) is 18.2 Å². The number of halogens is 2. The van der Waals surface area contributed by atoms with Gasteiger partial charge in [0.1, 0.15) is 18.4 Å². The van der Waals surface area contributed by atoms with Crippen LogP contribution in [0.2, 0.25) is 5.02 Å². The van der Waals surface area contributed by atoms with Gasteiger partial charge in [0.25, 0.3) is 0 Å². The van der Waals surface area contributed by atoms with Crippen LogP contribution >= 0.6 is 24.0 Å². The Kier molecular flexibility index (Phi) is 4.03. The number of nitrogens with zero attached hydrogens (tertiary/aromatic N) is 1. The van der Waals surface area contributed by atoms with Crippen LogP contribution in [0.25, 0.3) is 0 Å². The van der Waals surface area contributed by atoms with Crippen LogP contribution in [0, 0.1) is 11.3 Å². The maximum Gasteiger partial charge on any atom is 0.138 e. The van der Waals surface area contributed by atoms with Gasteiger partial charge in [0, 0.05) is 11.1 Å². The van der Waals surface area contributed by atoms with Crippen LogP contribution in [0.1, 0.15) is 18.4 Å². The molecule has 0 atom stereocenters. The van der Waals surface area contributed by atoms with Crippen LogP contribution in [0.3, 0.4) is 0 Å². The van der Waals surface area contributed by atoms with Crippen molar-refractivity contribution >= 4 is 24.0 Å². The van der Waals surface area contributed by atoms with Gasteiger partial charge in [-0.15, -0.1) is 12.4 Å². The monoisotopic (exact) mass is 258 g/mol. The molecule has 0 unspecified atom stereocenters. The lowest BCUT2D eigenvalue weighted by Gasteiger charge is -2.12. The van der Waals surface area contributed by atoms with E-state index < -0.39 is 0 Å². The predicted octanol–water partition coefficient (Wildman–Crippen LogP) is 2.50. The van der Waals surface area contributed by atoms with Crippen molar-refractivity contribution in [2.24, 2.45) is 5.73 Å². The van der Waals surface area contributed by atoms with E-state index in [0.29, 0.717) is 22.9 Å². The number of ether oxygens (including phenoxy) is 1. The van der Waals surface area contributed by atoms with Gasteiger partial charge in [-0.3, -0.25) is 0 Å². The van der Waals surface area contributed by atoms with Gasteiger partial charge in [-0.2, -0.15) is 5.26 Å². The van der Waals surface area contributed by atoms with Gasteiger partial charge in [0.2, 0.25) is 0 Å². The van der Waals surface area contributed by atoms with E-state index in [1.165, 1.54) is 0 Å². The number of benzene rings is 1. The highest BCUT2D eigenvalue weighted by Crippen LogP contribution is 2.33. The quantitative estimate of drug-likeness (QED) is 0.907. The van der Waals surface area contributed by atoms with Gasteiger partial charge < -0.3 is 10.5 Å². The topological polar surface area (TPSA) is 59.0 Å². The Morgan fingerprint density at radius 2 is 2.19 bits per heavy atom. The van der Waals surface area contributed by atoms with E-state index in [4.69, 9.17) is 27.3 Å². The average Bonchev–Trinajstić information content (AvgIpc) is 2.95. The molecule has 1 fully saturated rings. The number of nitrogens with two attached hydrogens (primary N) is 1. The van der Waals surface area contributed by atoms with Gasteiger partial charge in [-0.25, -0.2) is 0 Å². The van der Waals surface area contributed by atoms with Gasteiger partial charge in [0.05, 0.1) is 11.1 Å². The molecule has 0 saturated heterocycles. The summed E-state index contributed by atoms with van der Waals surface area (Å²) in [6, 6.07) is 7.02. The minimum Gasteiger partial charge on any atom is -0.490 e. The Balaban J connectivity index is 0.00000128. The minimum atomic E-state index is -0.185. The first kappa shape index (κ1) is 13.1. The summed E-state index contributed by atoms with van der Waals surface area (Å²) >= 11 is 5.82. The SMILES string of the molecule is Cl.N#Cc1ccc(Cl)cc1OCC1(N)CC1. The maximum atomic E-state index is 8.85. The second kappa shape index (κ2) is 4.92. The zero-order chi connectivity index (χ0) is 10.9. The molecular formula is C11H12Cl2N2O. The third-order valence-corrected chi connectivity index (χ3v) is 2.71. The van der Waals surface area contributed by atoms with Crippen LogP contribution in [-0.4, -0.2) is 12.1 Å². The lowest BCUT2D eigenvalue weighted by molar-refractivity contribution is 0.279. The zero-order valence-electron chi connectivity index (χ0n) is 8.57. The Labute approximate surface area is 106 Å². The molecule has 0 aromatic heterocycles. The summed E-state index contributed by atoms with van der Waals surface area (Å²) in [5, 5.41) is 9.41. The molecule has 1 aliphatic rings. The van der Waals surface area contributed by atoms with E-state index in [0.717, 1.165) is 12.8 Å². The first-order valence-electron chi connectivity index (χ1n) is 4.74. The fourth-order valence-electron chi connectivity index (χ4n) is 1.23. The van der Waals surface area contributed by atoms with E-state index in [-0.39, 0.29) is 17.9 Å². The molecule has 2 rings (SSSR count). The Morgan fingerprint density at radius 3 is 2.75 bits per heavy atom. The van der Waals surface area contributed by atoms with E-state index in [1.807, 2.05) is 0 Å². The lowest BCUT2D eigenvalue weighted by atomic mass is 10.2. The largest absolute Gasteiger partial charge is 0.490 e. The van der Waals surface area contributed by atoms with Crippen LogP contribution in [0.5, 0.6) is 5.75 Å². The molecule has 0 radical (unpaired) electrons. The summed E-state index contributed by atoms with van der Waals surface area (Å²) in [5.74, 6) is 0.515. The molecule has 1 saturated carbocycles. The van der Waals surface area contributed by atoms with Crippen molar-refractivity contribution in [2.45, 2.75) is 18.4 Å². The van der Waals surface area contributed by atoms with Crippen molar-refractivity contribution in [3.05, 3.63) is 28.8 Å². The molecule has 3 nitrogen and oxygen atoms in total. The van der Waals surface area contributed by atoms with Crippen molar-refractivity contribution in [3.8, 4) is 11.8 Å². The molecule has 0 aliphatic heterocycles. The smallest absolute Gasteiger partial charge is 0.138 e. The molecule has 1 aliphatic carbocycles. The summed E-state index contributed by atoms with van der Waals surface area (Å²) in [7, 11) is 0. The molecule has 1 aromatic carbocycles. The van der Waals surface area contributed by atoms with Crippen molar-refractivity contribution < 1.29 is 4.74 Å². The third kappa shape index (κ3) is 3.02. The summed E-state index contributed by atoms with van der Waals surface area (Å²) in [6.07, 6.45) is 1.96. The van der Waals surface area contributed by atoms with Gasteiger partial charge in [-0.1, -0.05) is 11.6 Å². The summed E-state index contributed by atoms with van der Waals surface area (Å²) in [6.45, 7) is 0.446. The highest BCUT2D eigenvalue weighted by molar-refractivity contribution is 6.30. The minimum absolute atomic E-state index is 0. The van der Waals surface area contributed by atoms with Crippen molar-refractivity contribution in [3.63, 3.8) is 0 Å². The molecular weight excluding hydrogens is 247 g/mol. The summed E-state index contributed by atoms with van der Waals surface area (Å²) in [4.78, 5) is 0. The Hall–Kier alpha value is -0.950. The molecule has 0 amide bonds. The Morgan fingerprint density at radius 1 is 1.50 bits per heavy atom. The molecule has 86 valence electrons. The van der Waals surface area contributed by atoms with Crippen molar-refractivity contribution in [1.82, 2.24) is 0 Å². The first-order valence-corrected chi connectivity index (χ1v) is 5.12. The molecule has 0 bridgehead atoms. The van der Waals surface area contributed by atoms with E-state index in [2.05, 4.69) is 6.07 Å². The van der Waals surface area contributed by atoms with Crippen LogP contribution in [-0.2, 0) is 0 Å². The lowest BCUT2D eigenvalue weighted by Crippen LogP contribution is -2.29. The van der Waals surface area contributed by atoms with Crippen molar-refractivity contribution in [1.29, 1.82) is 5.26 Å². The standard InChI is InChI=1S/C11H11ClN2O.ClH/c12-9-2-1-8(6-13)10(5-9)15-7-11(14)3-4-11;/h1-2,5H,3-4,7,14H2;1H. The summed E-state index contributed by atoms with van der Waals surface area (Å²) in [5.41, 5.74) is 6.19. The number of nitriles is 1. The fourth-order valence-corrected chi connectivity index (χ4v) is 1.40. The first-order chi connectivity index (χ1) is 7.13. The fraction of sp³-hybridized carbons (Fsp3) is 0.364. The van der Waals surface area contributed by atoms with Crippen LogP contribution in [0.4, 0.5) is 0 Å². The normalized spacial score (nSPS) is 15.8. The zero-order valence-corrected chi connectivity index (χ0v) is 10.1. The molecule has 2 N–H and O–H groups in total. The van der Waals surface area contributed by atoms with Gasteiger partial charge in [0.15, 0.2) is 0 Å². The van der Waals surface area contributed by atoms with Crippen LogP contribution in [0.15, 0.2) is 18.2 Å². The predicted molar refractivity (Wildman–Crippen MR) is 65.1 cm³/mol. The third-order valence-electron chi connectivity index (χ3n) is 2.47. The summed E-state index contributed by atoms with van der Waals surface area (Å²) < 4.78 is 5.50. The van der Waals surface area contributed by atoms with Crippen LogP contribution < -0.4 is 10.5 Å². The molecule has 5 heteroatoms. The second-order valence-corrected chi connectivity index (χ2v) is 4.34. The maximum absolute atomic E-state index is 8.85. The highest BCUT2D eigenvalue weighted by atomic mass is 35.5. The van der Waals surface area contributed by atoms with E-state index in [9.17, 15) is 0 Å². The number of hydrogen-bond acceptors (Lipinski definition) is 3. The van der Waals surface area contributed by atoms with Gasteiger partial charge >= 0.3 is 0 Å².